The molecule has 4 heteroatoms. The highest BCUT2D eigenvalue weighted by molar-refractivity contribution is 8.14. The van der Waals surface area contributed by atoms with E-state index in [0.29, 0.717) is 6.42 Å². The second-order valence-corrected chi connectivity index (χ2v) is 5.55. The van der Waals surface area contributed by atoms with Crippen LogP contribution in [0.2, 0.25) is 0 Å². The van der Waals surface area contributed by atoms with Gasteiger partial charge in [-0.2, -0.15) is 0 Å². The first-order valence-electron chi connectivity index (χ1n) is 3.53. The number of allylic oxidation sites excluding steroid dienone is 1. The van der Waals surface area contributed by atoms with Gasteiger partial charge in [-0.25, -0.2) is 8.42 Å². The van der Waals surface area contributed by atoms with Crippen molar-refractivity contribution in [1.29, 1.82) is 0 Å². The number of hydrogen-bond donors (Lipinski definition) is 0. The van der Waals surface area contributed by atoms with Gasteiger partial charge in [-0.3, -0.25) is 0 Å². The zero-order chi connectivity index (χ0) is 8.91. The molecule has 2 nitrogen and oxygen atoms in total. The molecule has 11 heavy (non-hydrogen) atoms. The summed E-state index contributed by atoms with van der Waals surface area (Å²) in [5.41, 5.74) is 0. The second kappa shape index (κ2) is 4.78. The third-order valence-electron chi connectivity index (χ3n) is 1.50. The highest BCUT2D eigenvalue weighted by Gasteiger charge is 2.15. The average molecular weight is 197 g/mol. The molecule has 0 heterocycles. The van der Waals surface area contributed by atoms with Gasteiger partial charge in [-0.1, -0.05) is 6.08 Å². The summed E-state index contributed by atoms with van der Waals surface area (Å²) in [6.07, 6.45) is 4.05. The van der Waals surface area contributed by atoms with Crippen LogP contribution in [0.5, 0.6) is 0 Å². The fourth-order valence-corrected chi connectivity index (χ4v) is 1.41. The molecule has 0 rings (SSSR count). The van der Waals surface area contributed by atoms with Crippen molar-refractivity contribution in [1.82, 2.24) is 0 Å². The molecule has 0 N–H and O–H groups in total. The van der Waals surface area contributed by atoms with Gasteiger partial charge in [0.1, 0.15) is 0 Å². The normalized spacial score (nSPS) is 14.4. The van der Waals surface area contributed by atoms with Gasteiger partial charge in [-0.15, -0.1) is 6.58 Å². The van der Waals surface area contributed by atoms with E-state index in [4.69, 9.17) is 10.7 Å². The summed E-state index contributed by atoms with van der Waals surface area (Å²) in [6.45, 7) is 5.15. The summed E-state index contributed by atoms with van der Waals surface area (Å²) in [5, 5.41) is -0.441. The van der Waals surface area contributed by atoms with Crippen LogP contribution < -0.4 is 0 Å². The van der Waals surface area contributed by atoms with Crippen molar-refractivity contribution < 1.29 is 8.42 Å². The van der Waals surface area contributed by atoms with Crippen LogP contribution in [0.15, 0.2) is 12.7 Å². The van der Waals surface area contributed by atoms with E-state index >= 15 is 0 Å². The smallest absolute Gasteiger partial charge is 0.212 e. The average Bonchev–Trinajstić information content (AvgIpc) is 1.86. The molecule has 0 saturated heterocycles. The van der Waals surface area contributed by atoms with Crippen molar-refractivity contribution >= 4 is 19.7 Å². The highest BCUT2D eigenvalue weighted by Crippen LogP contribution is 2.13. The number of halogens is 1. The van der Waals surface area contributed by atoms with Gasteiger partial charge in [0.05, 0.1) is 5.25 Å². The fourth-order valence-electron chi connectivity index (χ4n) is 0.690. The van der Waals surface area contributed by atoms with Crippen molar-refractivity contribution in [3.05, 3.63) is 12.7 Å². The van der Waals surface area contributed by atoms with Gasteiger partial charge in [0.2, 0.25) is 9.05 Å². The van der Waals surface area contributed by atoms with E-state index in [-0.39, 0.29) is 0 Å². The van der Waals surface area contributed by atoms with Crippen LogP contribution in [0.1, 0.15) is 26.2 Å². The topological polar surface area (TPSA) is 34.1 Å². The standard InChI is InChI=1S/C7H13ClO2S/c1-3-4-5-6-7(2)11(8,9)10/h3,7H,1,4-6H2,2H3. The lowest BCUT2D eigenvalue weighted by Gasteiger charge is -2.04. The van der Waals surface area contributed by atoms with Crippen molar-refractivity contribution in [2.75, 3.05) is 0 Å². The van der Waals surface area contributed by atoms with E-state index in [0.717, 1.165) is 12.8 Å². The molecule has 0 saturated carbocycles. The summed E-state index contributed by atoms with van der Waals surface area (Å²) < 4.78 is 21.3. The van der Waals surface area contributed by atoms with Crippen LogP contribution in [0, 0.1) is 0 Å². The second-order valence-electron chi connectivity index (χ2n) is 2.51. The Kier molecular flexibility index (Phi) is 4.77. The van der Waals surface area contributed by atoms with E-state index in [9.17, 15) is 8.42 Å². The quantitative estimate of drug-likeness (QED) is 0.384. The van der Waals surface area contributed by atoms with Gasteiger partial charge >= 0.3 is 0 Å². The minimum Gasteiger partial charge on any atom is -0.212 e. The zero-order valence-corrected chi connectivity index (χ0v) is 8.16. The highest BCUT2D eigenvalue weighted by atomic mass is 35.7. The molecule has 0 bridgehead atoms. The maximum Gasteiger partial charge on any atom is 0.235 e. The Labute approximate surface area is 72.7 Å². The number of hydrogen-bond acceptors (Lipinski definition) is 2. The zero-order valence-electron chi connectivity index (χ0n) is 6.59. The Bertz CT molecular complexity index is 208. The molecule has 0 aliphatic rings. The van der Waals surface area contributed by atoms with Crippen LogP contribution in [-0.4, -0.2) is 13.7 Å². The molecule has 0 fully saturated rings. The molecule has 0 aliphatic heterocycles. The van der Waals surface area contributed by atoms with E-state index in [2.05, 4.69) is 6.58 Å². The van der Waals surface area contributed by atoms with Crippen molar-refractivity contribution in [3.8, 4) is 0 Å². The fraction of sp³-hybridized carbons (Fsp3) is 0.714. The minimum atomic E-state index is -3.35. The molecule has 0 aromatic heterocycles. The molecule has 0 aromatic rings. The summed E-state index contributed by atoms with van der Waals surface area (Å²) in [7, 11) is 1.76. The molecule has 0 radical (unpaired) electrons. The molecule has 66 valence electrons. The lowest BCUT2D eigenvalue weighted by molar-refractivity contribution is 0.587. The van der Waals surface area contributed by atoms with Crippen molar-refractivity contribution in [3.63, 3.8) is 0 Å². The van der Waals surface area contributed by atoms with E-state index in [1.165, 1.54) is 0 Å². The van der Waals surface area contributed by atoms with E-state index in [1.807, 2.05) is 0 Å². The van der Waals surface area contributed by atoms with Gasteiger partial charge in [0.25, 0.3) is 0 Å². The maximum atomic E-state index is 10.7. The van der Waals surface area contributed by atoms with Gasteiger partial charge in [0, 0.05) is 10.7 Å². The molecule has 0 amide bonds. The summed E-state index contributed by atoms with van der Waals surface area (Å²) in [5.74, 6) is 0. The first-order chi connectivity index (χ1) is 4.98. The monoisotopic (exact) mass is 196 g/mol. The first kappa shape index (κ1) is 11.0. The molecular formula is C7H13ClO2S. The van der Waals surface area contributed by atoms with E-state index in [1.54, 1.807) is 13.0 Å². The molecule has 1 unspecified atom stereocenters. The third-order valence-corrected chi connectivity index (χ3v) is 3.61. The lowest BCUT2D eigenvalue weighted by atomic mass is 10.2. The Balaban J connectivity index is 3.70. The Morgan fingerprint density at radius 2 is 2.18 bits per heavy atom. The maximum absolute atomic E-state index is 10.7. The molecule has 0 aliphatic carbocycles. The van der Waals surface area contributed by atoms with Crippen molar-refractivity contribution in [2.24, 2.45) is 0 Å². The first-order valence-corrected chi connectivity index (χ1v) is 5.90. The molecular weight excluding hydrogens is 184 g/mol. The minimum absolute atomic E-state index is 0.441. The van der Waals surface area contributed by atoms with Crippen LogP contribution in [-0.2, 0) is 9.05 Å². The Morgan fingerprint density at radius 1 is 1.64 bits per heavy atom. The predicted octanol–water partition coefficient (Wildman–Crippen LogP) is 2.30. The molecule has 1 atom stereocenters. The number of unbranched alkanes of at least 4 members (excludes halogenated alkanes) is 1. The van der Waals surface area contributed by atoms with Crippen LogP contribution in [0.3, 0.4) is 0 Å². The lowest BCUT2D eigenvalue weighted by Crippen LogP contribution is -2.10. The summed E-state index contributed by atoms with van der Waals surface area (Å²) >= 11 is 0. The van der Waals surface area contributed by atoms with Crippen molar-refractivity contribution in [2.45, 2.75) is 31.4 Å². The van der Waals surface area contributed by atoms with Gasteiger partial charge in [0.15, 0.2) is 0 Å². The van der Waals surface area contributed by atoms with Gasteiger partial charge in [-0.05, 0) is 26.2 Å². The van der Waals surface area contributed by atoms with E-state index < -0.39 is 14.3 Å². The molecule has 0 spiro atoms. The van der Waals surface area contributed by atoms with Crippen LogP contribution in [0.25, 0.3) is 0 Å². The Morgan fingerprint density at radius 3 is 2.55 bits per heavy atom. The summed E-state index contributed by atoms with van der Waals surface area (Å²) in [6, 6.07) is 0. The Hall–Kier alpha value is -0.0200. The largest absolute Gasteiger partial charge is 0.235 e. The molecule has 0 aromatic carbocycles. The van der Waals surface area contributed by atoms with Crippen LogP contribution >= 0.6 is 10.7 Å². The van der Waals surface area contributed by atoms with Gasteiger partial charge < -0.3 is 0 Å². The van der Waals surface area contributed by atoms with Crippen LogP contribution in [0.4, 0.5) is 0 Å². The summed E-state index contributed by atoms with van der Waals surface area (Å²) in [4.78, 5) is 0. The SMILES string of the molecule is C=CCCCC(C)S(=O)(=O)Cl. The predicted molar refractivity (Wildman–Crippen MR) is 48.3 cm³/mol. The third kappa shape index (κ3) is 5.27. The number of rotatable bonds is 5.